The number of benzene rings is 2. The number of hydrogen-bond acceptors (Lipinski definition) is 3. The minimum atomic E-state index is -0.737. The zero-order chi connectivity index (χ0) is 19.1. The number of fused-ring (bicyclic) bond motifs is 1. The lowest BCUT2D eigenvalue weighted by atomic mass is 10.2. The summed E-state index contributed by atoms with van der Waals surface area (Å²) < 4.78 is 30.2. The summed E-state index contributed by atoms with van der Waals surface area (Å²) in [7, 11) is 0. The molecule has 0 aliphatic carbocycles. The molecule has 7 heteroatoms. The van der Waals surface area contributed by atoms with Gasteiger partial charge >= 0.3 is 5.69 Å². The summed E-state index contributed by atoms with van der Waals surface area (Å²) in [5.41, 5.74) is 0.976. The minimum Gasteiger partial charge on any atom is -0.287 e. The third kappa shape index (κ3) is 3.00. The van der Waals surface area contributed by atoms with Gasteiger partial charge in [0.1, 0.15) is 16.3 Å². The molecule has 4 nitrogen and oxygen atoms in total. The van der Waals surface area contributed by atoms with Crippen LogP contribution in [-0.4, -0.2) is 9.13 Å². The Kier molecular flexibility index (Phi) is 4.24. The van der Waals surface area contributed by atoms with E-state index < -0.39 is 22.9 Å². The van der Waals surface area contributed by atoms with Gasteiger partial charge in [0.25, 0.3) is 5.56 Å². The lowest BCUT2D eigenvalue weighted by Crippen LogP contribution is -2.38. The number of thiophene rings is 1. The number of halogens is 2. The van der Waals surface area contributed by atoms with E-state index in [1.807, 2.05) is 13.0 Å². The van der Waals surface area contributed by atoms with Gasteiger partial charge in [0.2, 0.25) is 0 Å². The molecule has 0 fully saturated rings. The number of nitrogens with zero attached hydrogens (tertiary/aromatic N) is 2. The van der Waals surface area contributed by atoms with Gasteiger partial charge in [-0.3, -0.25) is 9.36 Å². The second-order valence-electron chi connectivity index (χ2n) is 6.22. The van der Waals surface area contributed by atoms with E-state index in [0.717, 1.165) is 22.3 Å². The second-order valence-corrected chi connectivity index (χ2v) is 7.14. The van der Waals surface area contributed by atoms with Crippen LogP contribution in [0.3, 0.4) is 0 Å². The molecule has 2 aromatic heterocycles. The fraction of sp³-hybridized carbons (Fsp3) is 0.100. The van der Waals surface area contributed by atoms with Crippen molar-refractivity contribution in [3.8, 4) is 5.69 Å². The Morgan fingerprint density at radius 1 is 1.04 bits per heavy atom. The van der Waals surface area contributed by atoms with E-state index in [0.29, 0.717) is 15.9 Å². The van der Waals surface area contributed by atoms with Gasteiger partial charge in [-0.05, 0) is 42.1 Å². The first-order valence-electron chi connectivity index (χ1n) is 8.20. The van der Waals surface area contributed by atoms with E-state index in [2.05, 4.69) is 0 Å². The highest BCUT2D eigenvalue weighted by molar-refractivity contribution is 7.17. The average molecular weight is 384 g/mol. The van der Waals surface area contributed by atoms with Crippen molar-refractivity contribution in [2.75, 3.05) is 0 Å². The van der Waals surface area contributed by atoms with Crippen molar-refractivity contribution < 1.29 is 8.78 Å². The van der Waals surface area contributed by atoms with Crippen LogP contribution < -0.4 is 11.2 Å². The maximum atomic E-state index is 14.1. The lowest BCUT2D eigenvalue weighted by Gasteiger charge is -2.13. The Morgan fingerprint density at radius 3 is 2.59 bits per heavy atom. The quantitative estimate of drug-likeness (QED) is 0.539. The molecule has 0 saturated heterocycles. The zero-order valence-corrected chi connectivity index (χ0v) is 15.1. The van der Waals surface area contributed by atoms with Crippen LogP contribution in [0.25, 0.3) is 15.9 Å². The maximum absolute atomic E-state index is 14.1. The van der Waals surface area contributed by atoms with E-state index in [9.17, 15) is 18.4 Å². The Hall–Kier alpha value is -3.06. The third-order valence-electron chi connectivity index (χ3n) is 4.36. The Balaban J connectivity index is 1.99. The van der Waals surface area contributed by atoms with Gasteiger partial charge in [-0.1, -0.05) is 18.2 Å². The number of aryl methyl sites for hydroxylation is 1. The predicted octanol–water partition coefficient (Wildman–Crippen LogP) is 3.85. The molecular weight excluding hydrogens is 370 g/mol. The smallest absolute Gasteiger partial charge is 0.287 e. The fourth-order valence-electron chi connectivity index (χ4n) is 3.06. The molecule has 0 bridgehead atoms. The lowest BCUT2D eigenvalue weighted by molar-refractivity contribution is 0.564. The van der Waals surface area contributed by atoms with Crippen molar-refractivity contribution in [2.45, 2.75) is 13.5 Å². The van der Waals surface area contributed by atoms with Crippen LogP contribution in [0.1, 0.15) is 11.1 Å². The largest absolute Gasteiger partial charge is 0.336 e. The third-order valence-corrected chi connectivity index (χ3v) is 5.25. The van der Waals surface area contributed by atoms with Crippen LogP contribution in [0.2, 0.25) is 0 Å². The molecule has 2 aromatic carbocycles. The van der Waals surface area contributed by atoms with Crippen LogP contribution in [0, 0.1) is 18.6 Å². The molecule has 0 atom stereocenters. The summed E-state index contributed by atoms with van der Waals surface area (Å²) in [6, 6.07) is 11.9. The first-order chi connectivity index (χ1) is 13.0. The van der Waals surface area contributed by atoms with Crippen LogP contribution in [-0.2, 0) is 6.54 Å². The molecule has 0 aliphatic rings. The predicted molar refractivity (Wildman–Crippen MR) is 102 cm³/mol. The first kappa shape index (κ1) is 17.4. The molecule has 0 aliphatic heterocycles. The van der Waals surface area contributed by atoms with E-state index in [4.69, 9.17) is 0 Å². The highest BCUT2D eigenvalue weighted by Crippen LogP contribution is 2.19. The fourth-order valence-corrected chi connectivity index (χ4v) is 3.88. The molecular formula is C20H14F2N2O2S. The summed E-state index contributed by atoms with van der Waals surface area (Å²) >= 11 is 1.22. The Morgan fingerprint density at radius 2 is 1.85 bits per heavy atom. The van der Waals surface area contributed by atoms with Gasteiger partial charge in [-0.25, -0.2) is 18.1 Å². The molecule has 0 N–H and O–H groups in total. The molecule has 4 rings (SSSR count). The van der Waals surface area contributed by atoms with Crippen LogP contribution >= 0.6 is 11.3 Å². The highest BCUT2D eigenvalue weighted by atomic mass is 32.1. The van der Waals surface area contributed by atoms with E-state index in [-0.39, 0.29) is 12.1 Å². The average Bonchev–Trinajstić information content (AvgIpc) is 3.10. The van der Waals surface area contributed by atoms with Crippen molar-refractivity contribution in [1.82, 2.24) is 9.13 Å². The molecule has 27 heavy (non-hydrogen) atoms. The molecule has 0 radical (unpaired) electrons. The van der Waals surface area contributed by atoms with Gasteiger partial charge in [0.15, 0.2) is 0 Å². The summed E-state index contributed by atoms with van der Waals surface area (Å²) in [6.07, 6.45) is 0. The second kappa shape index (κ2) is 6.59. The molecule has 0 unspecified atom stereocenters. The monoisotopic (exact) mass is 384 g/mol. The maximum Gasteiger partial charge on any atom is 0.336 e. The number of aromatic nitrogens is 2. The molecule has 0 saturated carbocycles. The molecule has 0 amide bonds. The normalized spacial score (nSPS) is 11.2. The van der Waals surface area contributed by atoms with Gasteiger partial charge in [0, 0.05) is 11.6 Å². The van der Waals surface area contributed by atoms with Crippen molar-refractivity contribution in [1.29, 1.82) is 0 Å². The van der Waals surface area contributed by atoms with Gasteiger partial charge in [-0.2, -0.15) is 0 Å². The van der Waals surface area contributed by atoms with Crippen molar-refractivity contribution >= 4 is 21.6 Å². The summed E-state index contributed by atoms with van der Waals surface area (Å²) in [5, 5.41) is 1.71. The Bertz CT molecular complexity index is 1290. The van der Waals surface area contributed by atoms with Gasteiger partial charge < -0.3 is 0 Å². The van der Waals surface area contributed by atoms with E-state index >= 15 is 0 Å². The van der Waals surface area contributed by atoms with Crippen LogP contribution in [0.4, 0.5) is 8.78 Å². The van der Waals surface area contributed by atoms with Crippen LogP contribution in [0.5, 0.6) is 0 Å². The number of rotatable bonds is 3. The molecule has 4 aromatic rings. The highest BCUT2D eigenvalue weighted by Gasteiger charge is 2.17. The van der Waals surface area contributed by atoms with E-state index in [1.165, 1.54) is 22.0 Å². The Labute approximate surface area is 156 Å². The number of hydrogen-bond donors (Lipinski definition) is 0. The first-order valence-corrected chi connectivity index (χ1v) is 9.07. The minimum absolute atomic E-state index is 0.107. The van der Waals surface area contributed by atoms with Crippen molar-refractivity contribution in [2.24, 2.45) is 0 Å². The van der Waals surface area contributed by atoms with Crippen molar-refractivity contribution in [3.05, 3.63) is 97.5 Å². The van der Waals surface area contributed by atoms with Gasteiger partial charge in [0.05, 0.1) is 17.7 Å². The zero-order valence-electron chi connectivity index (χ0n) is 14.3. The van der Waals surface area contributed by atoms with Crippen molar-refractivity contribution in [3.63, 3.8) is 0 Å². The SMILES string of the molecule is Cc1cccc(-n2c(=O)c3sccc3n(Cc3ccc(F)cc3F)c2=O)c1. The molecule has 136 valence electrons. The van der Waals surface area contributed by atoms with Gasteiger partial charge in [-0.15, -0.1) is 11.3 Å². The van der Waals surface area contributed by atoms with E-state index in [1.54, 1.807) is 29.6 Å². The summed E-state index contributed by atoms with van der Waals surface area (Å²) in [6.45, 7) is 1.76. The topological polar surface area (TPSA) is 44.0 Å². The standard InChI is InChI=1S/C20H14F2N2O2S/c1-12-3-2-4-15(9-12)24-19(25)18-17(7-8-27-18)23(20(24)26)11-13-5-6-14(21)10-16(13)22/h2-10H,11H2,1H3. The summed E-state index contributed by atoms with van der Waals surface area (Å²) in [5.74, 6) is -1.42. The summed E-state index contributed by atoms with van der Waals surface area (Å²) in [4.78, 5) is 26.0. The molecule has 2 heterocycles. The molecule has 0 spiro atoms. The van der Waals surface area contributed by atoms with Crippen LogP contribution in [0.15, 0.2) is 63.5 Å².